The van der Waals surface area contributed by atoms with E-state index in [-0.39, 0.29) is 34.7 Å². The third-order valence-corrected chi connectivity index (χ3v) is 5.95. The van der Waals surface area contributed by atoms with Crippen molar-refractivity contribution in [3.63, 3.8) is 0 Å². The van der Waals surface area contributed by atoms with Gasteiger partial charge >= 0.3 is 11.9 Å². The summed E-state index contributed by atoms with van der Waals surface area (Å²) < 4.78 is 32.7. The number of aryl methyl sites for hydroxylation is 1. The molecule has 0 heterocycles. The molecular formula is C22H26N2O7S. The monoisotopic (exact) mass is 462 g/mol. The van der Waals surface area contributed by atoms with Crippen LogP contribution in [-0.4, -0.2) is 38.5 Å². The predicted octanol–water partition coefficient (Wildman–Crippen LogP) is 3.42. The van der Waals surface area contributed by atoms with Gasteiger partial charge in [0.2, 0.25) is 5.91 Å². The van der Waals surface area contributed by atoms with Crippen LogP contribution in [-0.2, 0) is 30.8 Å². The summed E-state index contributed by atoms with van der Waals surface area (Å²) in [5.74, 6) is -2.47. The average molecular weight is 463 g/mol. The molecule has 3 N–H and O–H groups in total. The summed E-state index contributed by atoms with van der Waals surface area (Å²) in [6, 6.07) is 10.5. The number of unbranched alkanes of at least 4 members (excludes halogenated alkanes) is 1. The Morgan fingerprint density at radius 3 is 2.31 bits per heavy atom. The zero-order valence-electron chi connectivity index (χ0n) is 17.9. The van der Waals surface area contributed by atoms with Crippen LogP contribution in [0.5, 0.6) is 0 Å². The van der Waals surface area contributed by atoms with E-state index in [1.807, 2.05) is 0 Å². The van der Waals surface area contributed by atoms with Crippen LogP contribution in [0, 0.1) is 0 Å². The minimum Gasteiger partial charge on any atom is -0.481 e. The molecule has 0 bridgehead atoms. The van der Waals surface area contributed by atoms with Gasteiger partial charge in [0.25, 0.3) is 10.0 Å². The smallest absolute Gasteiger partial charge is 0.340 e. The Hall–Kier alpha value is -3.40. The van der Waals surface area contributed by atoms with E-state index in [0.717, 1.165) is 31.9 Å². The number of benzene rings is 2. The molecule has 0 saturated carbocycles. The summed E-state index contributed by atoms with van der Waals surface area (Å²) in [5, 5.41) is 11.1. The second-order valence-corrected chi connectivity index (χ2v) is 8.73. The van der Waals surface area contributed by atoms with Crippen LogP contribution in [0.25, 0.3) is 0 Å². The fourth-order valence-electron chi connectivity index (χ4n) is 2.85. The Bertz CT molecular complexity index is 1080. The van der Waals surface area contributed by atoms with Crippen molar-refractivity contribution in [3.05, 3.63) is 53.6 Å². The minimum absolute atomic E-state index is 0.0181. The molecule has 0 fully saturated rings. The Kier molecular flexibility index (Phi) is 8.77. The molecule has 0 aliphatic carbocycles. The molecule has 0 radical (unpaired) electrons. The first kappa shape index (κ1) is 24.9. The molecule has 0 aliphatic heterocycles. The molecular weight excluding hydrogens is 436 g/mol. The van der Waals surface area contributed by atoms with Crippen molar-refractivity contribution in [3.8, 4) is 0 Å². The largest absolute Gasteiger partial charge is 0.481 e. The molecule has 0 saturated heterocycles. The fourth-order valence-corrected chi connectivity index (χ4v) is 3.93. The average Bonchev–Trinajstić information content (AvgIpc) is 2.76. The van der Waals surface area contributed by atoms with E-state index in [1.54, 1.807) is 12.1 Å². The Balaban J connectivity index is 2.24. The van der Waals surface area contributed by atoms with Crippen LogP contribution >= 0.6 is 0 Å². The molecule has 1 amide bonds. The first-order valence-corrected chi connectivity index (χ1v) is 11.5. The highest BCUT2D eigenvalue weighted by atomic mass is 32.2. The molecule has 2 aromatic rings. The van der Waals surface area contributed by atoms with Crippen LogP contribution in [0.4, 0.5) is 11.4 Å². The molecule has 10 heteroatoms. The van der Waals surface area contributed by atoms with Crippen LogP contribution < -0.4 is 10.0 Å². The Labute approximate surface area is 186 Å². The first-order valence-electron chi connectivity index (χ1n) is 10.0. The van der Waals surface area contributed by atoms with Gasteiger partial charge in [-0.05, 0) is 48.7 Å². The van der Waals surface area contributed by atoms with E-state index in [1.165, 1.54) is 30.3 Å². The van der Waals surface area contributed by atoms with Crippen LogP contribution in [0.15, 0.2) is 47.4 Å². The molecule has 2 aromatic carbocycles. The number of carbonyl (C=O) groups excluding carboxylic acids is 2. The molecule has 0 spiro atoms. The Morgan fingerprint density at radius 2 is 1.72 bits per heavy atom. The summed E-state index contributed by atoms with van der Waals surface area (Å²) in [5.41, 5.74) is 1.11. The van der Waals surface area contributed by atoms with E-state index in [4.69, 9.17) is 9.84 Å². The highest BCUT2D eigenvalue weighted by Crippen LogP contribution is 2.25. The van der Waals surface area contributed by atoms with Crippen molar-refractivity contribution < 1.29 is 32.6 Å². The zero-order valence-corrected chi connectivity index (χ0v) is 18.7. The lowest BCUT2D eigenvalue weighted by Crippen LogP contribution is -2.17. The number of hydrogen-bond acceptors (Lipinski definition) is 6. The zero-order chi connectivity index (χ0) is 23.7. The van der Waals surface area contributed by atoms with Gasteiger partial charge in [-0.15, -0.1) is 0 Å². The molecule has 172 valence electrons. The number of methoxy groups -OCH3 is 1. The summed E-state index contributed by atoms with van der Waals surface area (Å²) in [4.78, 5) is 34.7. The summed E-state index contributed by atoms with van der Waals surface area (Å²) in [6.07, 6.45) is 2.31. The van der Waals surface area contributed by atoms with Crippen molar-refractivity contribution >= 4 is 39.2 Å². The summed E-state index contributed by atoms with van der Waals surface area (Å²) in [6.45, 7) is 2.08. The quantitative estimate of drug-likeness (QED) is 0.435. The lowest BCUT2D eigenvalue weighted by molar-refractivity contribution is -0.138. The minimum atomic E-state index is -3.98. The third-order valence-electron chi connectivity index (χ3n) is 4.57. The third kappa shape index (κ3) is 7.09. The van der Waals surface area contributed by atoms with Gasteiger partial charge in [0.15, 0.2) is 0 Å². The molecule has 0 aliphatic rings. The second-order valence-electron chi connectivity index (χ2n) is 7.05. The molecule has 0 atom stereocenters. The highest BCUT2D eigenvalue weighted by molar-refractivity contribution is 7.92. The van der Waals surface area contributed by atoms with Crippen molar-refractivity contribution in [1.29, 1.82) is 0 Å². The van der Waals surface area contributed by atoms with E-state index in [9.17, 15) is 22.8 Å². The van der Waals surface area contributed by atoms with Crippen molar-refractivity contribution in [1.82, 2.24) is 0 Å². The maximum absolute atomic E-state index is 12.8. The van der Waals surface area contributed by atoms with Gasteiger partial charge < -0.3 is 15.2 Å². The number of carboxylic acid groups (broad SMARTS) is 1. The number of esters is 1. The second kappa shape index (κ2) is 11.3. The number of carbonyl (C=O) groups is 3. The summed E-state index contributed by atoms with van der Waals surface area (Å²) in [7, 11) is -2.83. The number of rotatable bonds is 11. The number of hydrogen-bond donors (Lipinski definition) is 3. The fraction of sp³-hybridized carbons (Fsp3) is 0.318. The maximum atomic E-state index is 12.8. The van der Waals surface area contributed by atoms with Gasteiger partial charge in [0.1, 0.15) is 0 Å². The molecule has 0 aromatic heterocycles. The molecule has 0 unspecified atom stereocenters. The number of carboxylic acids is 1. The van der Waals surface area contributed by atoms with Gasteiger partial charge in [-0.2, -0.15) is 0 Å². The van der Waals surface area contributed by atoms with Gasteiger partial charge in [-0.25, -0.2) is 13.2 Å². The van der Waals surface area contributed by atoms with E-state index < -0.39 is 27.9 Å². The first-order chi connectivity index (χ1) is 15.2. The maximum Gasteiger partial charge on any atom is 0.340 e. The van der Waals surface area contributed by atoms with Crippen molar-refractivity contribution in [2.24, 2.45) is 0 Å². The lowest BCUT2D eigenvalue weighted by Gasteiger charge is -2.14. The molecule has 9 nitrogen and oxygen atoms in total. The van der Waals surface area contributed by atoms with E-state index >= 15 is 0 Å². The normalized spacial score (nSPS) is 10.9. The van der Waals surface area contributed by atoms with Gasteiger partial charge in [-0.3, -0.25) is 14.3 Å². The standard InChI is InChI=1S/C22H26N2O7S/c1-3-4-5-15-6-9-17(10-7-15)32(29,30)24-19-11-8-16(14-18(19)22(28)31-2)23-20(25)12-13-21(26)27/h6-11,14,24H,3-5,12-13H2,1-2H3,(H,23,25)(H,26,27). The number of ether oxygens (including phenoxy) is 1. The van der Waals surface area contributed by atoms with Crippen LogP contribution in [0.1, 0.15) is 48.5 Å². The topological polar surface area (TPSA) is 139 Å². The number of aliphatic carboxylic acids is 1. The van der Waals surface area contributed by atoms with Gasteiger partial charge in [0, 0.05) is 12.1 Å². The van der Waals surface area contributed by atoms with Gasteiger partial charge in [-0.1, -0.05) is 25.5 Å². The van der Waals surface area contributed by atoms with Gasteiger partial charge in [0.05, 0.1) is 29.7 Å². The Morgan fingerprint density at radius 1 is 1.03 bits per heavy atom. The number of sulfonamides is 1. The molecule has 32 heavy (non-hydrogen) atoms. The van der Waals surface area contributed by atoms with Crippen molar-refractivity contribution in [2.45, 2.75) is 43.9 Å². The lowest BCUT2D eigenvalue weighted by atomic mass is 10.1. The predicted molar refractivity (Wildman–Crippen MR) is 119 cm³/mol. The number of anilines is 2. The van der Waals surface area contributed by atoms with Crippen LogP contribution in [0.3, 0.4) is 0 Å². The SMILES string of the molecule is CCCCc1ccc(S(=O)(=O)Nc2ccc(NC(=O)CCC(=O)O)cc2C(=O)OC)cc1. The van der Waals surface area contributed by atoms with E-state index in [2.05, 4.69) is 17.0 Å². The highest BCUT2D eigenvalue weighted by Gasteiger charge is 2.20. The van der Waals surface area contributed by atoms with Crippen molar-refractivity contribution in [2.75, 3.05) is 17.1 Å². The number of amides is 1. The molecule has 2 rings (SSSR count). The van der Waals surface area contributed by atoms with Crippen LogP contribution in [0.2, 0.25) is 0 Å². The van der Waals surface area contributed by atoms with E-state index in [0.29, 0.717) is 0 Å². The summed E-state index contributed by atoms with van der Waals surface area (Å²) >= 11 is 0. The number of nitrogens with one attached hydrogen (secondary N) is 2.